The molecule has 2 heteroatoms. The Morgan fingerprint density at radius 1 is 1.67 bits per heavy atom. The van der Waals surface area contributed by atoms with Gasteiger partial charge in [-0.05, 0) is 11.4 Å². The molecule has 0 bridgehead atoms. The average molecular weight is 156 g/mol. The molecule has 1 heterocycles. The van der Waals surface area contributed by atoms with E-state index in [0.29, 0.717) is 0 Å². The topological polar surface area (TPSA) is 0 Å². The summed E-state index contributed by atoms with van der Waals surface area (Å²) in [6, 6.07) is 4.23. The van der Waals surface area contributed by atoms with Crippen molar-refractivity contribution >= 4 is 20.6 Å². The second-order valence-corrected chi connectivity index (χ2v) is 3.13. The van der Waals surface area contributed by atoms with E-state index in [9.17, 15) is 0 Å². The van der Waals surface area contributed by atoms with Gasteiger partial charge in [0.15, 0.2) is 0 Å². The van der Waals surface area contributed by atoms with Crippen molar-refractivity contribution in [2.75, 3.05) is 0 Å². The number of rotatable bonds is 2. The molecule has 9 heavy (non-hydrogen) atoms. The van der Waals surface area contributed by atoms with E-state index in [2.05, 4.69) is 32.8 Å². The summed E-state index contributed by atoms with van der Waals surface area (Å²) in [5.41, 5.74) is 0. The largest absolute Gasteiger partial charge is 0.149 e. The summed E-state index contributed by atoms with van der Waals surface area (Å²) in [6.45, 7) is 0. The Kier molecular flexibility index (Phi) is 2.96. The van der Waals surface area contributed by atoms with Gasteiger partial charge in [0.25, 0.3) is 0 Å². The van der Waals surface area contributed by atoms with Gasteiger partial charge >= 0.3 is 0 Å². The van der Waals surface area contributed by atoms with Gasteiger partial charge < -0.3 is 0 Å². The van der Waals surface area contributed by atoms with Gasteiger partial charge in [0.1, 0.15) is 0 Å². The van der Waals surface area contributed by atoms with Crippen LogP contribution in [0.4, 0.5) is 0 Å². The van der Waals surface area contributed by atoms with Crippen LogP contribution in [0.1, 0.15) is 4.88 Å². The van der Waals surface area contributed by atoms with Crippen molar-refractivity contribution in [3.05, 3.63) is 34.3 Å². The lowest BCUT2D eigenvalue weighted by Gasteiger charge is -1.83. The first-order valence-electron chi connectivity index (χ1n) is 2.82. The fourth-order valence-electron chi connectivity index (χ4n) is 0.613. The summed E-state index contributed by atoms with van der Waals surface area (Å²) < 4.78 is 0. The summed E-state index contributed by atoms with van der Waals surface area (Å²) in [4.78, 5) is 1.42. The lowest BCUT2D eigenvalue weighted by Crippen LogP contribution is -1.67. The van der Waals surface area contributed by atoms with Crippen molar-refractivity contribution in [1.82, 2.24) is 0 Å². The van der Waals surface area contributed by atoms with E-state index < -0.39 is 0 Å². The van der Waals surface area contributed by atoms with Crippen LogP contribution in [0, 0.1) is 0 Å². The van der Waals surface area contributed by atoms with E-state index in [4.69, 9.17) is 0 Å². The van der Waals surface area contributed by atoms with E-state index >= 15 is 0 Å². The van der Waals surface area contributed by atoms with Crippen LogP contribution in [0.25, 0.3) is 0 Å². The van der Waals surface area contributed by atoms with Crippen molar-refractivity contribution in [3.63, 3.8) is 0 Å². The molecule has 1 aromatic heterocycles. The van der Waals surface area contributed by atoms with E-state index in [1.165, 1.54) is 4.88 Å². The monoisotopic (exact) mass is 156 g/mol. The van der Waals surface area contributed by atoms with Crippen LogP contribution in [0.15, 0.2) is 29.4 Å². The third kappa shape index (κ3) is 2.30. The van der Waals surface area contributed by atoms with Gasteiger partial charge in [0.2, 0.25) is 0 Å². The average Bonchev–Trinajstić information content (AvgIpc) is 2.34. The smallest absolute Gasteiger partial charge is 0.00830 e. The van der Waals surface area contributed by atoms with E-state index in [1.807, 2.05) is 5.82 Å². The SMILES string of the molecule is PC=CCc1cccs1. The Morgan fingerprint density at radius 3 is 3.11 bits per heavy atom. The molecule has 1 unspecified atom stereocenters. The zero-order valence-corrected chi connectivity index (χ0v) is 7.05. The molecule has 0 fully saturated rings. The van der Waals surface area contributed by atoms with E-state index in [1.54, 1.807) is 11.3 Å². The summed E-state index contributed by atoms with van der Waals surface area (Å²) >= 11 is 1.80. The minimum atomic E-state index is 1.07. The molecule has 1 atom stereocenters. The molecule has 0 saturated heterocycles. The first kappa shape index (κ1) is 6.98. The van der Waals surface area contributed by atoms with Crippen LogP contribution < -0.4 is 0 Å². The molecular weight excluding hydrogens is 147 g/mol. The number of thiophene rings is 1. The van der Waals surface area contributed by atoms with Crippen LogP contribution in [0.3, 0.4) is 0 Å². The number of hydrogen-bond donors (Lipinski definition) is 0. The molecule has 0 aliphatic carbocycles. The molecule has 0 N–H and O–H groups in total. The molecule has 0 aliphatic heterocycles. The highest BCUT2D eigenvalue weighted by molar-refractivity contribution is 7.20. The van der Waals surface area contributed by atoms with Gasteiger partial charge in [-0.1, -0.05) is 18.0 Å². The highest BCUT2D eigenvalue weighted by Crippen LogP contribution is 2.09. The third-order valence-electron chi connectivity index (χ3n) is 1.04. The zero-order chi connectivity index (χ0) is 6.53. The predicted molar refractivity (Wildman–Crippen MR) is 46.9 cm³/mol. The Labute approximate surface area is 61.8 Å². The van der Waals surface area contributed by atoms with Gasteiger partial charge in [-0.2, -0.15) is 0 Å². The summed E-state index contributed by atoms with van der Waals surface area (Å²) in [7, 11) is 2.57. The molecule has 0 aromatic carbocycles. The molecule has 0 amide bonds. The quantitative estimate of drug-likeness (QED) is 0.577. The Bertz CT molecular complexity index is 177. The second kappa shape index (κ2) is 3.81. The standard InChI is InChI=1S/C7H9PS/c8-5-1-3-7-4-2-6-9-7/h1-2,4-6H,3,8H2. The lowest BCUT2D eigenvalue weighted by molar-refractivity contribution is 1.35. The molecule has 0 aliphatic rings. The van der Waals surface area contributed by atoms with E-state index in [-0.39, 0.29) is 0 Å². The number of allylic oxidation sites excluding steroid dienone is 1. The maximum absolute atomic E-state index is 2.57. The summed E-state index contributed by atoms with van der Waals surface area (Å²) in [5.74, 6) is 2.00. The van der Waals surface area contributed by atoms with Crippen molar-refractivity contribution in [3.8, 4) is 0 Å². The molecule has 0 nitrogen and oxygen atoms in total. The maximum Gasteiger partial charge on any atom is 0.00830 e. The molecule has 0 spiro atoms. The first-order chi connectivity index (χ1) is 4.43. The fourth-order valence-corrected chi connectivity index (χ4v) is 1.43. The van der Waals surface area contributed by atoms with Gasteiger partial charge in [-0.25, -0.2) is 0 Å². The van der Waals surface area contributed by atoms with Crippen LogP contribution in [-0.2, 0) is 6.42 Å². The molecule has 0 saturated carbocycles. The van der Waals surface area contributed by atoms with E-state index in [0.717, 1.165) is 6.42 Å². The van der Waals surface area contributed by atoms with Gasteiger partial charge in [0.05, 0.1) is 0 Å². The molecule has 0 radical (unpaired) electrons. The normalized spacial score (nSPS) is 10.8. The van der Waals surface area contributed by atoms with Crippen molar-refractivity contribution in [2.24, 2.45) is 0 Å². The highest BCUT2D eigenvalue weighted by atomic mass is 32.1. The van der Waals surface area contributed by atoms with Crippen LogP contribution in [-0.4, -0.2) is 0 Å². The minimum absolute atomic E-state index is 1.07. The Morgan fingerprint density at radius 2 is 2.56 bits per heavy atom. The van der Waals surface area contributed by atoms with Gasteiger partial charge in [-0.3, -0.25) is 0 Å². The molecule has 1 aromatic rings. The number of hydrogen-bond acceptors (Lipinski definition) is 1. The molecule has 1 rings (SSSR count). The Hall–Kier alpha value is -0.130. The molecule has 48 valence electrons. The summed E-state index contributed by atoms with van der Waals surface area (Å²) in [6.07, 6.45) is 3.21. The maximum atomic E-state index is 2.57. The minimum Gasteiger partial charge on any atom is -0.149 e. The zero-order valence-electron chi connectivity index (χ0n) is 5.08. The van der Waals surface area contributed by atoms with Gasteiger partial charge in [-0.15, -0.1) is 20.6 Å². The third-order valence-corrected chi connectivity index (χ3v) is 2.21. The second-order valence-electron chi connectivity index (χ2n) is 1.71. The summed E-state index contributed by atoms with van der Waals surface area (Å²) in [5, 5.41) is 2.10. The van der Waals surface area contributed by atoms with Gasteiger partial charge in [0, 0.05) is 11.3 Å². The highest BCUT2D eigenvalue weighted by Gasteiger charge is 1.85. The van der Waals surface area contributed by atoms with Crippen molar-refractivity contribution < 1.29 is 0 Å². The van der Waals surface area contributed by atoms with Crippen molar-refractivity contribution in [2.45, 2.75) is 6.42 Å². The Balaban J connectivity index is 2.48. The lowest BCUT2D eigenvalue weighted by atomic mass is 10.3. The fraction of sp³-hybridized carbons (Fsp3) is 0.143. The predicted octanol–water partition coefficient (Wildman–Crippen LogP) is 2.68. The first-order valence-corrected chi connectivity index (χ1v) is 4.37. The van der Waals surface area contributed by atoms with Crippen molar-refractivity contribution in [1.29, 1.82) is 0 Å². The van der Waals surface area contributed by atoms with Crippen LogP contribution in [0.2, 0.25) is 0 Å². The molecular formula is C7H9PS. The van der Waals surface area contributed by atoms with Crippen LogP contribution in [0.5, 0.6) is 0 Å². The van der Waals surface area contributed by atoms with Crippen LogP contribution >= 0.6 is 20.6 Å².